The first-order valence-electron chi connectivity index (χ1n) is 14.7. The van der Waals surface area contributed by atoms with Gasteiger partial charge in [0.2, 0.25) is 0 Å². The summed E-state index contributed by atoms with van der Waals surface area (Å²) >= 11 is 0. The Hall–Kier alpha value is -2.87. The van der Waals surface area contributed by atoms with E-state index in [1.807, 2.05) is 91.0 Å². The van der Waals surface area contributed by atoms with Crippen LogP contribution in [0, 0.1) is 0 Å². The third kappa shape index (κ3) is 14.8. The molecule has 4 aromatic rings. The van der Waals surface area contributed by atoms with Gasteiger partial charge in [0.25, 0.3) is 0 Å². The standard InChI is InChI=1S/C18H22O2.C18H20O2.C2H6O.B.Na.H/c2*1-18(2,3)16-9-10-17(15(11-16)12-19)20-13-14-7-5-4-6-8-14;1-2-3;;;/h4-11,19H,12-13H2,1-3H3;4-12H,13H2,1-3H3;3H,2H2,1H3;;;/q;;;;+1;-1. The van der Waals surface area contributed by atoms with Gasteiger partial charge >= 0.3 is 29.6 Å². The van der Waals surface area contributed by atoms with Crippen molar-refractivity contribution in [3.05, 3.63) is 130 Å². The molecule has 2 N–H and O–H groups in total. The van der Waals surface area contributed by atoms with Crippen LogP contribution in [-0.4, -0.2) is 31.5 Å². The molecule has 0 spiro atoms. The number of ether oxygens (including phenoxy) is 2. The number of rotatable bonds is 8. The van der Waals surface area contributed by atoms with Crippen LogP contribution in [0.5, 0.6) is 11.5 Å². The van der Waals surface area contributed by atoms with Crippen molar-refractivity contribution >= 4 is 14.7 Å². The maximum Gasteiger partial charge on any atom is 1.00 e. The van der Waals surface area contributed by atoms with Crippen LogP contribution in [0.1, 0.15) is 88.1 Å². The van der Waals surface area contributed by atoms with Gasteiger partial charge in [0.05, 0.1) is 12.2 Å². The van der Waals surface area contributed by atoms with Crippen molar-refractivity contribution in [3.8, 4) is 11.5 Å². The summed E-state index contributed by atoms with van der Waals surface area (Å²) in [5, 5.41) is 17.1. The second-order valence-corrected chi connectivity index (χ2v) is 12.2. The minimum absolute atomic E-state index is 0. The molecule has 0 heterocycles. The van der Waals surface area contributed by atoms with Gasteiger partial charge in [-0.25, -0.2) is 0 Å². The Bertz CT molecular complexity index is 1390. The molecule has 0 aromatic heterocycles. The first-order chi connectivity index (χ1) is 20.4. The number of hydrogen-bond acceptors (Lipinski definition) is 5. The fraction of sp³-hybridized carbons (Fsp3) is 0.342. The first-order valence-corrected chi connectivity index (χ1v) is 14.7. The van der Waals surface area contributed by atoms with Gasteiger partial charge in [0.1, 0.15) is 24.7 Å². The summed E-state index contributed by atoms with van der Waals surface area (Å²) < 4.78 is 11.6. The summed E-state index contributed by atoms with van der Waals surface area (Å²) in [5.74, 6) is 1.39. The zero-order chi connectivity index (χ0) is 31.9. The third-order valence-corrected chi connectivity index (χ3v) is 6.57. The summed E-state index contributed by atoms with van der Waals surface area (Å²) in [6, 6.07) is 31.8. The van der Waals surface area contributed by atoms with Crippen LogP contribution >= 0.6 is 0 Å². The minimum Gasteiger partial charge on any atom is -1.00 e. The van der Waals surface area contributed by atoms with Gasteiger partial charge in [-0.15, -0.1) is 0 Å². The van der Waals surface area contributed by atoms with Gasteiger partial charge in [0.15, 0.2) is 6.29 Å². The van der Waals surface area contributed by atoms with Gasteiger partial charge in [-0.3, -0.25) is 4.79 Å². The molecule has 0 fully saturated rings. The van der Waals surface area contributed by atoms with Crippen molar-refractivity contribution in [1.82, 2.24) is 0 Å². The number of benzene rings is 4. The SMILES string of the molecule is CC(C)(C)c1ccc(OCc2ccccc2)c(C=O)c1.CC(C)(C)c1ccc(OCc2ccccc2)c(CO)c1.CCO.[B].[H-].[Na+]. The fourth-order valence-corrected chi connectivity index (χ4v) is 4.02. The van der Waals surface area contributed by atoms with Gasteiger partial charge < -0.3 is 21.1 Å². The van der Waals surface area contributed by atoms with Crippen molar-refractivity contribution in [3.63, 3.8) is 0 Å². The van der Waals surface area contributed by atoms with Crippen LogP contribution in [0.2, 0.25) is 0 Å². The van der Waals surface area contributed by atoms with Crippen LogP contribution in [0.4, 0.5) is 0 Å². The molecule has 0 atom stereocenters. The molecular weight excluding hydrogens is 570 g/mol. The molecule has 0 unspecified atom stereocenters. The Labute approximate surface area is 296 Å². The number of hydrogen-bond donors (Lipinski definition) is 2. The average Bonchev–Trinajstić information content (AvgIpc) is 2.99. The van der Waals surface area contributed by atoms with Crippen molar-refractivity contribution in [2.75, 3.05) is 6.61 Å². The molecule has 3 radical (unpaired) electrons. The van der Waals surface area contributed by atoms with E-state index in [0.29, 0.717) is 24.5 Å². The van der Waals surface area contributed by atoms with Crippen LogP contribution in [0.15, 0.2) is 97.1 Å². The van der Waals surface area contributed by atoms with Crippen LogP contribution in [0.25, 0.3) is 0 Å². The summed E-state index contributed by atoms with van der Waals surface area (Å²) in [7, 11) is 0. The van der Waals surface area contributed by atoms with E-state index in [1.165, 1.54) is 5.56 Å². The number of aliphatic hydroxyl groups is 2. The molecule has 4 rings (SSSR count). The molecule has 235 valence electrons. The molecular formula is C38H49BNaO5. The number of aliphatic hydroxyl groups excluding tert-OH is 2. The van der Waals surface area contributed by atoms with Crippen LogP contribution < -0.4 is 39.0 Å². The normalized spacial score (nSPS) is 10.4. The molecule has 45 heavy (non-hydrogen) atoms. The molecule has 0 bridgehead atoms. The van der Waals surface area contributed by atoms with Crippen molar-refractivity contribution in [2.24, 2.45) is 0 Å². The van der Waals surface area contributed by atoms with Gasteiger partial charge in [-0.1, -0.05) is 114 Å². The van der Waals surface area contributed by atoms with E-state index in [0.717, 1.165) is 34.3 Å². The molecule has 0 saturated heterocycles. The van der Waals surface area contributed by atoms with E-state index >= 15 is 0 Å². The van der Waals surface area contributed by atoms with E-state index in [4.69, 9.17) is 14.6 Å². The van der Waals surface area contributed by atoms with E-state index in [2.05, 4.69) is 47.6 Å². The zero-order valence-electron chi connectivity index (χ0n) is 29.3. The predicted octanol–water partition coefficient (Wildman–Crippen LogP) is 5.17. The largest absolute Gasteiger partial charge is 1.00 e. The Morgan fingerprint density at radius 2 is 1.07 bits per heavy atom. The maximum atomic E-state index is 11.2. The second kappa shape index (κ2) is 21.0. The smallest absolute Gasteiger partial charge is 1.00 e. The monoisotopic (exact) mass is 619 g/mol. The summed E-state index contributed by atoms with van der Waals surface area (Å²) in [6.07, 6.45) is 0.857. The average molecular weight is 620 g/mol. The summed E-state index contributed by atoms with van der Waals surface area (Å²) in [4.78, 5) is 11.2. The molecule has 0 aliphatic rings. The first kappa shape index (κ1) is 42.1. The molecule has 0 aliphatic heterocycles. The topological polar surface area (TPSA) is 76.0 Å². The third-order valence-electron chi connectivity index (χ3n) is 6.57. The molecule has 0 amide bonds. The number of carbonyl (C=O) groups is 1. The fourth-order valence-electron chi connectivity index (χ4n) is 4.02. The number of carbonyl (C=O) groups excluding carboxylic acids is 1. The Kier molecular flexibility index (Phi) is 19.7. The van der Waals surface area contributed by atoms with E-state index < -0.39 is 0 Å². The minimum atomic E-state index is -0.00591. The summed E-state index contributed by atoms with van der Waals surface area (Å²) in [5.41, 5.74) is 6.08. The Morgan fingerprint density at radius 1 is 0.667 bits per heavy atom. The van der Waals surface area contributed by atoms with Crippen LogP contribution in [-0.2, 0) is 30.7 Å². The predicted molar refractivity (Wildman–Crippen MR) is 183 cm³/mol. The van der Waals surface area contributed by atoms with Crippen molar-refractivity contribution in [2.45, 2.75) is 79.1 Å². The van der Waals surface area contributed by atoms with Crippen molar-refractivity contribution < 1.29 is 55.5 Å². The van der Waals surface area contributed by atoms with Gasteiger partial charge in [-0.05, 0) is 64.3 Å². The Morgan fingerprint density at radius 3 is 1.47 bits per heavy atom. The Balaban J connectivity index is 0. The van der Waals surface area contributed by atoms with E-state index in [1.54, 1.807) is 6.92 Å². The zero-order valence-corrected chi connectivity index (χ0v) is 30.3. The molecule has 4 aromatic carbocycles. The molecule has 0 aliphatic carbocycles. The maximum absolute atomic E-state index is 11.2. The van der Waals surface area contributed by atoms with Crippen molar-refractivity contribution in [1.29, 1.82) is 0 Å². The quantitative estimate of drug-likeness (QED) is 0.211. The van der Waals surface area contributed by atoms with Crippen LogP contribution in [0.3, 0.4) is 0 Å². The molecule has 5 nitrogen and oxygen atoms in total. The van der Waals surface area contributed by atoms with E-state index in [9.17, 15) is 9.90 Å². The summed E-state index contributed by atoms with van der Waals surface area (Å²) in [6.45, 7) is 15.8. The molecule has 0 saturated carbocycles. The van der Waals surface area contributed by atoms with E-state index in [-0.39, 0.29) is 63.4 Å². The number of aldehydes is 1. The van der Waals surface area contributed by atoms with Gasteiger partial charge in [-0.2, -0.15) is 0 Å². The van der Waals surface area contributed by atoms with Gasteiger partial charge in [0, 0.05) is 20.6 Å². The second-order valence-electron chi connectivity index (χ2n) is 12.2. The molecule has 7 heteroatoms.